The van der Waals surface area contributed by atoms with Gasteiger partial charge in [0.25, 0.3) is 0 Å². The summed E-state index contributed by atoms with van der Waals surface area (Å²) in [6.45, 7) is 7.96. The largest absolute Gasteiger partial charge is 0.336 e. The summed E-state index contributed by atoms with van der Waals surface area (Å²) in [6.07, 6.45) is 0. The first kappa shape index (κ1) is 15.3. The van der Waals surface area contributed by atoms with Crippen LogP contribution in [-0.4, -0.2) is 22.9 Å². The molecule has 0 N–H and O–H groups in total. The molecule has 0 aliphatic heterocycles. The summed E-state index contributed by atoms with van der Waals surface area (Å²) < 4.78 is 0. The van der Waals surface area contributed by atoms with E-state index in [1.54, 1.807) is 29.2 Å². The molecule has 0 saturated carbocycles. The lowest BCUT2D eigenvalue weighted by Gasteiger charge is -2.32. The van der Waals surface area contributed by atoms with Crippen molar-refractivity contribution < 1.29 is 4.79 Å². The van der Waals surface area contributed by atoms with Crippen molar-refractivity contribution in [2.45, 2.75) is 45.2 Å². The minimum absolute atomic E-state index is 0.0658. The van der Waals surface area contributed by atoms with E-state index in [2.05, 4.69) is 0 Å². The van der Waals surface area contributed by atoms with Gasteiger partial charge in [0.1, 0.15) is 5.38 Å². The molecule has 1 aromatic rings. The highest BCUT2D eigenvalue weighted by Gasteiger charge is 2.27. The molecule has 18 heavy (non-hydrogen) atoms. The summed E-state index contributed by atoms with van der Waals surface area (Å²) in [5.41, 5.74) is 0.775. The number of hydrogen-bond donors (Lipinski definition) is 0. The molecule has 4 heteroatoms. The molecule has 1 rings (SSSR count). The van der Waals surface area contributed by atoms with Gasteiger partial charge in [-0.3, -0.25) is 4.79 Å². The van der Waals surface area contributed by atoms with E-state index in [-0.39, 0.29) is 18.0 Å². The lowest BCUT2D eigenvalue weighted by atomic mass is 10.1. The number of amides is 1. The first-order valence-corrected chi connectivity index (χ1v) is 6.87. The number of alkyl halides is 1. The van der Waals surface area contributed by atoms with Crippen LogP contribution in [0, 0.1) is 0 Å². The van der Waals surface area contributed by atoms with Crippen molar-refractivity contribution in [3.63, 3.8) is 0 Å². The van der Waals surface area contributed by atoms with Gasteiger partial charge in [0.05, 0.1) is 0 Å². The van der Waals surface area contributed by atoms with E-state index in [9.17, 15) is 4.79 Å². The SMILES string of the molecule is CC(C)N(C(=O)C(Cl)c1ccc(Cl)cc1)C(C)C. The second-order valence-corrected chi connectivity index (χ2v) is 5.72. The lowest BCUT2D eigenvalue weighted by molar-refractivity contribution is -0.134. The zero-order chi connectivity index (χ0) is 13.9. The van der Waals surface area contributed by atoms with E-state index in [1.165, 1.54) is 0 Å². The van der Waals surface area contributed by atoms with Gasteiger partial charge in [0.15, 0.2) is 0 Å². The van der Waals surface area contributed by atoms with Gasteiger partial charge in [0, 0.05) is 17.1 Å². The molecule has 0 fully saturated rings. The predicted octanol–water partition coefficient (Wildman–Crippen LogP) is 4.27. The highest BCUT2D eigenvalue weighted by Crippen LogP contribution is 2.26. The molecule has 100 valence electrons. The highest BCUT2D eigenvalue weighted by atomic mass is 35.5. The van der Waals surface area contributed by atoms with Crippen molar-refractivity contribution in [2.24, 2.45) is 0 Å². The number of halogens is 2. The Balaban J connectivity index is 2.91. The monoisotopic (exact) mass is 287 g/mol. The fourth-order valence-electron chi connectivity index (χ4n) is 2.01. The van der Waals surface area contributed by atoms with E-state index in [4.69, 9.17) is 23.2 Å². The van der Waals surface area contributed by atoms with Crippen LogP contribution in [0.3, 0.4) is 0 Å². The van der Waals surface area contributed by atoms with Crippen molar-refractivity contribution in [1.29, 1.82) is 0 Å². The van der Waals surface area contributed by atoms with Crippen LogP contribution in [-0.2, 0) is 4.79 Å². The van der Waals surface area contributed by atoms with E-state index < -0.39 is 5.38 Å². The Hall–Kier alpha value is -0.730. The fraction of sp³-hybridized carbons (Fsp3) is 0.500. The van der Waals surface area contributed by atoms with Gasteiger partial charge in [-0.15, -0.1) is 11.6 Å². The molecule has 1 amide bonds. The van der Waals surface area contributed by atoms with Gasteiger partial charge in [-0.05, 0) is 45.4 Å². The molecule has 0 bridgehead atoms. The number of hydrogen-bond acceptors (Lipinski definition) is 1. The summed E-state index contributed by atoms with van der Waals surface area (Å²) in [5.74, 6) is -0.0658. The Labute approximate surface area is 119 Å². The van der Waals surface area contributed by atoms with Crippen LogP contribution in [0.15, 0.2) is 24.3 Å². The molecule has 0 heterocycles. The second-order valence-electron chi connectivity index (χ2n) is 4.85. The summed E-state index contributed by atoms with van der Waals surface area (Å²) >= 11 is 12.1. The predicted molar refractivity (Wildman–Crippen MR) is 77.2 cm³/mol. The minimum Gasteiger partial charge on any atom is -0.336 e. The van der Waals surface area contributed by atoms with Gasteiger partial charge < -0.3 is 4.90 Å². The Morgan fingerprint density at radius 2 is 1.50 bits per heavy atom. The normalized spacial score (nSPS) is 12.9. The van der Waals surface area contributed by atoms with Gasteiger partial charge in [-0.1, -0.05) is 23.7 Å². The van der Waals surface area contributed by atoms with Crippen LogP contribution in [0.5, 0.6) is 0 Å². The van der Waals surface area contributed by atoms with E-state index in [0.29, 0.717) is 5.02 Å². The summed E-state index contributed by atoms with van der Waals surface area (Å²) in [4.78, 5) is 14.2. The van der Waals surface area contributed by atoms with Gasteiger partial charge in [-0.25, -0.2) is 0 Å². The quantitative estimate of drug-likeness (QED) is 0.758. The number of nitrogens with zero attached hydrogens (tertiary/aromatic N) is 1. The maximum atomic E-state index is 12.4. The molecule has 1 atom stereocenters. The molecule has 0 radical (unpaired) electrons. The summed E-state index contributed by atoms with van der Waals surface area (Å²) in [7, 11) is 0. The molecular formula is C14H19Cl2NO. The summed E-state index contributed by atoms with van der Waals surface area (Å²) in [5, 5.41) is -0.0216. The first-order valence-electron chi connectivity index (χ1n) is 6.06. The van der Waals surface area contributed by atoms with E-state index >= 15 is 0 Å². The molecule has 1 aromatic carbocycles. The molecule has 0 aliphatic carbocycles. The van der Waals surface area contributed by atoms with Crippen molar-refractivity contribution in [3.8, 4) is 0 Å². The number of rotatable bonds is 4. The van der Waals surface area contributed by atoms with Crippen molar-refractivity contribution >= 4 is 29.1 Å². The molecule has 0 spiro atoms. The lowest BCUT2D eigenvalue weighted by Crippen LogP contribution is -2.43. The van der Waals surface area contributed by atoms with E-state index in [0.717, 1.165) is 5.56 Å². The number of carbonyl (C=O) groups excluding carboxylic acids is 1. The Morgan fingerprint density at radius 3 is 1.89 bits per heavy atom. The second kappa shape index (κ2) is 6.44. The van der Waals surface area contributed by atoms with Crippen LogP contribution < -0.4 is 0 Å². The summed E-state index contributed by atoms with van der Waals surface area (Å²) in [6, 6.07) is 7.33. The molecule has 2 nitrogen and oxygen atoms in total. The smallest absolute Gasteiger partial charge is 0.245 e. The molecule has 0 aliphatic rings. The average molecular weight is 288 g/mol. The molecular weight excluding hydrogens is 269 g/mol. The Kier molecular flexibility index (Phi) is 5.48. The maximum Gasteiger partial charge on any atom is 0.245 e. The maximum absolute atomic E-state index is 12.4. The number of benzene rings is 1. The topological polar surface area (TPSA) is 20.3 Å². The minimum atomic E-state index is -0.660. The number of carbonyl (C=O) groups is 1. The third-order valence-electron chi connectivity index (χ3n) is 2.75. The van der Waals surface area contributed by atoms with E-state index in [1.807, 2.05) is 27.7 Å². The van der Waals surface area contributed by atoms with Crippen LogP contribution in [0.2, 0.25) is 5.02 Å². The molecule has 1 unspecified atom stereocenters. The Bertz CT molecular complexity index is 393. The van der Waals surface area contributed by atoms with Crippen molar-refractivity contribution in [2.75, 3.05) is 0 Å². The van der Waals surface area contributed by atoms with Crippen LogP contribution in [0.1, 0.15) is 38.6 Å². The molecule has 0 aromatic heterocycles. The van der Waals surface area contributed by atoms with Crippen LogP contribution in [0.4, 0.5) is 0 Å². The van der Waals surface area contributed by atoms with Crippen LogP contribution >= 0.6 is 23.2 Å². The third-order valence-corrected chi connectivity index (χ3v) is 3.44. The fourth-order valence-corrected chi connectivity index (χ4v) is 2.39. The first-order chi connectivity index (χ1) is 8.34. The van der Waals surface area contributed by atoms with Crippen molar-refractivity contribution in [1.82, 2.24) is 4.90 Å². The van der Waals surface area contributed by atoms with Crippen molar-refractivity contribution in [3.05, 3.63) is 34.9 Å². The Morgan fingerprint density at radius 1 is 1.06 bits per heavy atom. The molecule has 0 saturated heterocycles. The highest BCUT2D eigenvalue weighted by molar-refractivity contribution is 6.31. The van der Waals surface area contributed by atoms with Gasteiger partial charge in [-0.2, -0.15) is 0 Å². The third kappa shape index (κ3) is 3.63. The standard InChI is InChI=1S/C14H19Cl2NO/c1-9(2)17(10(3)4)14(18)13(16)11-5-7-12(15)8-6-11/h5-10,13H,1-4H3. The zero-order valence-electron chi connectivity index (χ0n) is 11.2. The van der Waals surface area contributed by atoms with Crippen LogP contribution in [0.25, 0.3) is 0 Å². The average Bonchev–Trinajstić information content (AvgIpc) is 2.28. The van der Waals surface area contributed by atoms with Gasteiger partial charge >= 0.3 is 0 Å². The van der Waals surface area contributed by atoms with Gasteiger partial charge in [0.2, 0.25) is 5.91 Å². The zero-order valence-corrected chi connectivity index (χ0v) is 12.7.